The van der Waals surface area contributed by atoms with Crippen molar-refractivity contribution in [3.05, 3.63) is 84.7 Å². The lowest BCUT2D eigenvalue weighted by Gasteiger charge is -2.15. The van der Waals surface area contributed by atoms with Crippen LogP contribution in [0.3, 0.4) is 0 Å². The lowest BCUT2D eigenvalue weighted by atomic mass is 10.1. The van der Waals surface area contributed by atoms with Gasteiger partial charge in [0.1, 0.15) is 18.1 Å². The van der Waals surface area contributed by atoms with Gasteiger partial charge in [0.25, 0.3) is 0 Å². The summed E-state index contributed by atoms with van der Waals surface area (Å²) < 4.78 is 19.6. The molecule has 6 nitrogen and oxygen atoms in total. The molecule has 7 heteroatoms. The Balaban J connectivity index is 1.61. The van der Waals surface area contributed by atoms with Gasteiger partial charge < -0.3 is 14.2 Å². The molecule has 0 aliphatic rings. The fraction of sp³-hybridized carbons (Fsp3) is 0.259. The Hall–Kier alpha value is -3.29. The Labute approximate surface area is 204 Å². The van der Waals surface area contributed by atoms with Crippen LogP contribution in [0.5, 0.6) is 11.5 Å². The van der Waals surface area contributed by atoms with Gasteiger partial charge in [0.2, 0.25) is 0 Å². The number of hydrogen-bond acceptors (Lipinski definition) is 6. The van der Waals surface area contributed by atoms with Crippen LogP contribution >= 0.6 is 11.8 Å². The van der Waals surface area contributed by atoms with Crippen LogP contribution < -0.4 is 9.47 Å². The van der Waals surface area contributed by atoms with E-state index in [2.05, 4.69) is 28.4 Å². The van der Waals surface area contributed by atoms with Gasteiger partial charge >= 0.3 is 0 Å². The lowest BCUT2D eigenvalue weighted by Crippen LogP contribution is -2.09. The summed E-state index contributed by atoms with van der Waals surface area (Å²) in [4.78, 5) is 0. The minimum Gasteiger partial charge on any atom is -0.495 e. The van der Waals surface area contributed by atoms with Crippen molar-refractivity contribution in [2.45, 2.75) is 31.7 Å². The summed E-state index contributed by atoms with van der Waals surface area (Å²) in [6.07, 6.45) is 0.196. The molecule has 0 radical (unpaired) electrons. The van der Waals surface area contributed by atoms with Crippen molar-refractivity contribution in [2.24, 2.45) is 0 Å². The zero-order chi connectivity index (χ0) is 23.8. The number of thioether (sulfide) groups is 1. The zero-order valence-corrected chi connectivity index (χ0v) is 20.5. The fourth-order valence-electron chi connectivity index (χ4n) is 3.55. The van der Waals surface area contributed by atoms with Gasteiger partial charge in [0.15, 0.2) is 11.0 Å². The molecule has 0 spiro atoms. The van der Waals surface area contributed by atoms with Crippen molar-refractivity contribution < 1.29 is 14.2 Å². The summed E-state index contributed by atoms with van der Waals surface area (Å²) in [7, 11) is 1.67. The van der Waals surface area contributed by atoms with E-state index >= 15 is 0 Å². The number of para-hydroxylation sites is 3. The van der Waals surface area contributed by atoms with Crippen molar-refractivity contribution in [2.75, 3.05) is 19.5 Å². The first-order valence-corrected chi connectivity index (χ1v) is 12.2. The second-order valence-corrected chi connectivity index (χ2v) is 8.89. The van der Waals surface area contributed by atoms with E-state index in [4.69, 9.17) is 14.2 Å². The first kappa shape index (κ1) is 23.9. The van der Waals surface area contributed by atoms with Crippen molar-refractivity contribution in [3.8, 4) is 28.3 Å². The van der Waals surface area contributed by atoms with Crippen LogP contribution in [0.4, 0.5) is 0 Å². The number of benzene rings is 3. The molecule has 0 bridgehead atoms. The van der Waals surface area contributed by atoms with Crippen LogP contribution in [-0.2, 0) is 11.3 Å². The predicted molar refractivity (Wildman–Crippen MR) is 136 cm³/mol. The molecule has 0 fully saturated rings. The standard InChI is InChI=1S/C27H29N3O3S/c1-20(2)32-17-18-34-27-29-28-26(30(27)23-14-8-10-16-25(23)31-3)19-33-24-15-9-7-13-22(24)21-11-5-4-6-12-21/h4-16,20H,17-19H2,1-3H3. The molecular weight excluding hydrogens is 446 g/mol. The van der Waals surface area contributed by atoms with E-state index in [-0.39, 0.29) is 12.7 Å². The van der Waals surface area contributed by atoms with Crippen LogP contribution in [0.25, 0.3) is 16.8 Å². The maximum absolute atomic E-state index is 6.29. The number of rotatable bonds is 11. The molecule has 0 aliphatic heterocycles. The Morgan fingerprint density at radius 3 is 2.32 bits per heavy atom. The van der Waals surface area contributed by atoms with Crippen LogP contribution in [0, 0.1) is 0 Å². The number of ether oxygens (including phenoxy) is 3. The van der Waals surface area contributed by atoms with E-state index in [1.807, 2.05) is 79.1 Å². The van der Waals surface area contributed by atoms with Gasteiger partial charge in [0, 0.05) is 11.3 Å². The summed E-state index contributed by atoms with van der Waals surface area (Å²) in [5.74, 6) is 3.00. The third kappa shape index (κ3) is 5.79. The maximum Gasteiger partial charge on any atom is 0.196 e. The second kappa shape index (κ2) is 11.7. The molecule has 4 rings (SSSR count). The average molecular weight is 476 g/mol. The SMILES string of the molecule is COc1ccccc1-n1c(COc2ccccc2-c2ccccc2)nnc1SCCOC(C)C. The van der Waals surface area contributed by atoms with E-state index in [1.165, 1.54) is 0 Å². The molecule has 3 aromatic carbocycles. The predicted octanol–water partition coefficient (Wildman–Crippen LogP) is 6.04. The van der Waals surface area contributed by atoms with Crippen molar-refractivity contribution >= 4 is 11.8 Å². The Morgan fingerprint density at radius 2 is 1.56 bits per heavy atom. The maximum atomic E-state index is 6.29. The quantitative estimate of drug-likeness (QED) is 0.195. The summed E-state index contributed by atoms with van der Waals surface area (Å²) in [6.45, 7) is 4.96. The van der Waals surface area contributed by atoms with E-state index in [9.17, 15) is 0 Å². The van der Waals surface area contributed by atoms with E-state index in [1.54, 1.807) is 18.9 Å². The molecule has 0 amide bonds. The van der Waals surface area contributed by atoms with E-state index < -0.39 is 0 Å². The van der Waals surface area contributed by atoms with Crippen LogP contribution in [-0.4, -0.2) is 40.3 Å². The molecule has 0 N–H and O–H groups in total. The topological polar surface area (TPSA) is 58.4 Å². The highest BCUT2D eigenvalue weighted by Gasteiger charge is 2.18. The Morgan fingerprint density at radius 1 is 0.853 bits per heavy atom. The minimum atomic E-state index is 0.196. The third-order valence-electron chi connectivity index (χ3n) is 5.12. The molecule has 34 heavy (non-hydrogen) atoms. The minimum absolute atomic E-state index is 0.196. The normalized spacial score (nSPS) is 11.1. The first-order chi connectivity index (χ1) is 16.7. The molecule has 0 saturated heterocycles. The van der Waals surface area contributed by atoms with Crippen molar-refractivity contribution in [1.82, 2.24) is 14.8 Å². The molecule has 176 valence electrons. The van der Waals surface area contributed by atoms with Crippen LogP contribution in [0.15, 0.2) is 84.0 Å². The first-order valence-electron chi connectivity index (χ1n) is 11.3. The molecule has 0 unspecified atom stereocenters. The highest BCUT2D eigenvalue weighted by molar-refractivity contribution is 7.99. The monoisotopic (exact) mass is 475 g/mol. The fourth-order valence-corrected chi connectivity index (χ4v) is 4.35. The molecule has 0 atom stereocenters. The van der Waals surface area contributed by atoms with Gasteiger partial charge in [-0.3, -0.25) is 4.57 Å². The Bertz CT molecular complexity index is 1190. The van der Waals surface area contributed by atoms with Gasteiger partial charge in [-0.25, -0.2) is 0 Å². The highest BCUT2D eigenvalue weighted by Crippen LogP contribution is 2.32. The number of nitrogens with zero attached hydrogens (tertiary/aromatic N) is 3. The largest absolute Gasteiger partial charge is 0.495 e. The van der Waals surface area contributed by atoms with Crippen LogP contribution in [0.1, 0.15) is 19.7 Å². The van der Waals surface area contributed by atoms with Crippen molar-refractivity contribution in [3.63, 3.8) is 0 Å². The number of aromatic nitrogens is 3. The summed E-state index contributed by atoms with van der Waals surface area (Å²) >= 11 is 1.60. The summed E-state index contributed by atoms with van der Waals surface area (Å²) in [5.41, 5.74) is 3.01. The average Bonchev–Trinajstić information content (AvgIpc) is 3.28. The Kier molecular flexibility index (Phi) is 8.22. The van der Waals surface area contributed by atoms with E-state index in [0.29, 0.717) is 12.4 Å². The lowest BCUT2D eigenvalue weighted by molar-refractivity contribution is 0.0920. The van der Waals surface area contributed by atoms with Gasteiger partial charge in [-0.15, -0.1) is 10.2 Å². The van der Waals surface area contributed by atoms with E-state index in [0.717, 1.165) is 39.2 Å². The van der Waals surface area contributed by atoms with Gasteiger partial charge in [0.05, 0.1) is 25.5 Å². The van der Waals surface area contributed by atoms with Crippen LogP contribution in [0.2, 0.25) is 0 Å². The molecule has 1 heterocycles. The number of methoxy groups -OCH3 is 1. The van der Waals surface area contributed by atoms with Gasteiger partial charge in [-0.2, -0.15) is 0 Å². The zero-order valence-electron chi connectivity index (χ0n) is 19.7. The molecule has 4 aromatic rings. The third-order valence-corrected chi connectivity index (χ3v) is 6.01. The molecule has 1 aromatic heterocycles. The second-order valence-electron chi connectivity index (χ2n) is 7.82. The highest BCUT2D eigenvalue weighted by atomic mass is 32.2. The van der Waals surface area contributed by atoms with Gasteiger partial charge in [-0.1, -0.05) is 72.4 Å². The molecule has 0 aliphatic carbocycles. The molecular formula is C27H29N3O3S. The summed E-state index contributed by atoms with van der Waals surface area (Å²) in [6, 6.07) is 26.1. The molecule has 0 saturated carbocycles. The smallest absolute Gasteiger partial charge is 0.196 e. The van der Waals surface area contributed by atoms with Gasteiger partial charge in [-0.05, 0) is 37.6 Å². The van der Waals surface area contributed by atoms with Crippen molar-refractivity contribution in [1.29, 1.82) is 0 Å². The summed E-state index contributed by atoms with van der Waals surface area (Å²) in [5, 5.41) is 9.70. The number of hydrogen-bond donors (Lipinski definition) is 0.